The van der Waals surface area contributed by atoms with Gasteiger partial charge in [0.15, 0.2) is 11.5 Å². The van der Waals surface area contributed by atoms with Gasteiger partial charge in [0.05, 0.1) is 14.2 Å². The number of rotatable bonds is 3. The minimum Gasteiger partial charge on any atom is -0.493 e. The summed E-state index contributed by atoms with van der Waals surface area (Å²) in [4.78, 5) is 0. The highest BCUT2D eigenvalue weighted by atomic mass is 16.5. The van der Waals surface area contributed by atoms with Gasteiger partial charge in [0, 0.05) is 5.54 Å². The predicted molar refractivity (Wildman–Crippen MR) is 75.8 cm³/mol. The molecule has 2 bridgehead atoms. The minimum absolute atomic E-state index is 0.123. The molecule has 0 radical (unpaired) electrons. The molecule has 3 saturated carbocycles. The number of hydrogen-bond donors (Lipinski definition) is 1. The molecule has 0 atom stereocenters. The van der Waals surface area contributed by atoms with Gasteiger partial charge in [-0.2, -0.15) is 0 Å². The van der Waals surface area contributed by atoms with Crippen LogP contribution in [0.3, 0.4) is 0 Å². The summed E-state index contributed by atoms with van der Waals surface area (Å²) < 4.78 is 10.8. The third kappa shape index (κ3) is 2.00. The monoisotopic (exact) mass is 261 g/mol. The summed E-state index contributed by atoms with van der Waals surface area (Å²) in [6, 6.07) is 6.39. The van der Waals surface area contributed by atoms with E-state index in [0.29, 0.717) is 5.41 Å². The van der Waals surface area contributed by atoms with E-state index in [4.69, 9.17) is 15.2 Å². The van der Waals surface area contributed by atoms with Gasteiger partial charge < -0.3 is 15.2 Å². The molecule has 3 nitrogen and oxygen atoms in total. The Morgan fingerprint density at radius 2 is 1.47 bits per heavy atom. The number of methoxy groups -OCH3 is 2. The quantitative estimate of drug-likeness (QED) is 0.909. The van der Waals surface area contributed by atoms with Gasteiger partial charge in [-0.15, -0.1) is 0 Å². The number of ether oxygens (including phenoxy) is 2. The standard InChI is InChI=1S/C16H23NO2/c1-18-13-4-3-12(11-14(13)19-2)15-5-8-16(17,9-6-15)10-7-15/h3-4,11H,5-10,17H2,1-2H3. The van der Waals surface area contributed by atoms with Crippen molar-refractivity contribution in [3.05, 3.63) is 23.8 Å². The highest BCUT2D eigenvalue weighted by Crippen LogP contribution is 2.53. The summed E-state index contributed by atoms with van der Waals surface area (Å²) in [5.74, 6) is 1.65. The first-order chi connectivity index (χ1) is 9.11. The summed E-state index contributed by atoms with van der Waals surface area (Å²) in [6.07, 6.45) is 7.08. The molecule has 3 heteroatoms. The molecule has 2 N–H and O–H groups in total. The Labute approximate surface area is 115 Å². The lowest BCUT2D eigenvalue weighted by Gasteiger charge is -2.52. The average Bonchev–Trinajstić information content (AvgIpc) is 2.47. The molecule has 4 rings (SSSR count). The average molecular weight is 261 g/mol. The zero-order valence-corrected chi connectivity index (χ0v) is 11.9. The first-order valence-corrected chi connectivity index (χ1v) is 7.12. The number of hydrogen-bond acceptors (Lipinski definition) is 3. The third-order valence-corrected chi connectivity index (χ3v) is 5.30. The molecule has 0 amide bonds. The maximum atomic E-state index is 6.39. The largest absolute Gasteiger partial charge is 0.493 e. The van der Waals surface area contributed by atoms with Gasteiger partial charge in [-0.1, -0.05) is 6.07 Å². The fourth-order valence-electron chi connectivity index (χ4n) is 3.81. The van der Waals surface area contributed by atoms with E-state index < -0.39 is 0 Å². The number of nitrogens with two attached hydrogens (primary N) is 1. The van der Waals surface area contributed by atoms with E-state index in [1.165, 1.54) is 24.8 Å². The molecule has 1 aromatic carbocycles. The van der Waals surface area contributed by atoms with Crippen molar-refractivity contribution < 1.29 is 9.47 Å². The number of benzene rings is 1. The van der Waals surface area contributed by atoms with Crippen molar-refractivity contribution in [1.82, 2.24) is 0 Å². The van der Waals surface area contributed by atoms with E-state index in [1.807, 2.05) is 6.07 Å². The van der Waals surface area contributed by atoms with E-state index in [-0.39, 0.29) is 5.54 Å². The Hall–Kier alpha value is -1.22. The molecular weight excluding hydrogens is 238 g/mol. The van der Waals surface area contributed by atoms with Gasteiger partial charge in [-0.3, -0.25) is 0 Å². The van der Waals surface area contributed by atoms with Crippen molar-refractivity contribution in [1.29, 1.82) is 0 Å². The molecule has 0 saturated heterocycles. The zero-order valence-electron chi connectivity index (χ0n) is 11.9. The fourth-order valence-corrected chi connectivity index (χ4v) is 3.81. The lowest BCUT2D eigenvalue weighted by atomic mass is 9.55. The third-order valence-electron chi connectivity index (χ3n) is 5.30. The van der Waals surface area contributed by atoms with Crippen molar-refractivity contribution >= 4 is 0 Å². The van der Waals surface area contributed by atoms with E-state index >= 15 is 0 Å². The van der Waals surface area contributed by atoms with Crippen LogP contribution in [-0.4, -0.2) is 19.8 Å². The molecule has 0 unspecified atom stereocenters. The Morgan fingerprint density at radius 3 is 2.00 bits per heavy atom. The zero-order chi connectivity index (χ0) is 13.5. The predicted octanol–water partition coefficient (Wildman–Crippen LogP) is 3.01. The lowest BCUT2D eigenvalue weighted by Crippen LogP contribution is -2.53. The van der Waals surface area contributed by atoms with Crippen LogP contribution in [0.15, 0.2) is 18.2 Å². The first-order valence-electron chi connectivity index (χ1n) is 7.12. The number of fused-ring (bicyclic) bond motifs is 3. The first kappa shape index (κ1) is 12.8. The van der Waals surface area contributed by atoms with Crippen LogP contribution in [0.25, 0.3) is 0 Å². The van der Waals surface area contributed by atoms with Crippen LogP contribution in [0, 0.1) is 0 Å². The summed E-state index contributed by atoms with van der Waals surface area (Å²) >= 11 is 0. The Bertz CT molecular complexity index is 459. The second-order valence-electron chi connectivity index (χ2n) is 6.21. The summed E-state index contributed by atoms with van der Waals surface area (Å²) in [5, 5.41) is 0. The Morgan fingerprint density at radius 1 is 0.895 bits per heavy atom. The molecule has 1 aromatic rings. The molecule has 0 heterocycles. The van der Waals surface area contributed by atoms with Crippen LogP contribution in [-0.2, 0) is 5.41 Å². The molecule has 104 valence electrons. The molecule has 3 aliphatic rings. The van der Waals surface area contributed by atoms with Gasteiger partial charge in [0.25, 0.3) is 0 Å². The van der Waals surface area contributed by atoms with E-state index in [0.717, 1.165) is 30.8 Å². The fraction of sp³-hybridized carbons (Fsp3) is 0.625. The van der Waals surface area contributed by atoms with Crippen LogP contribution in [0.1, 0.15) is 44.1 Å². The molecule has 3 fully saturated rings. The smallest absolute Gasteiger partial charge is 0.161 e. The van der Waals surface area contributed by atoms with Crippen LogP contribution in [0.2, 0.25) is 0 Å². The lowest BCUT2D eigenvalue weighted by molar-refractivity contribution is 0.107. The van der Waals surface area contributed by atoms with Crippen molar-refractivity contribution in [2.45, 2.75) is 49.5 Å². The second-order valence-corrected chi connectivity index (χ2v) is 6.21. The molecule has 3 aliphatic carbocycles. The van der Waals surface area contributed by atoms with Gasteiger partial charge in [0.2, 0.25) is 0 Å². The van der Waals surface area contributed by atoms with Gasteiger partial charge in [-0.25, -0.2) is 0 Å². The van der Waals surface area contributed by atoms with E-state index in [2.05, 4.69) is 12.1 Å². The van der Waals surface area contributed by atoms with Crippen molar-refractivity contribution in [3.63, 3.8) is 0 Å². The van der Waals surface area contributed by atoms with Crippen molar-refractivity contribution in [3.8, 4) is 11.5 Å². The normalized spacial score (nSPS) is 33.2. The molecule has 0 aromatic heterocycles. The van der Waals surface area contributed by atoms with Gasteiger partial charge in [-0.05, 0) is 61.6 Å². The molecular formula is C16H23NO2. The highest BCUT2D eigenvalue weighted by Gasteiger charge is 2.47. The molecule has 0 spiro atoms. The molecule has 0 aliphatic heterocycles. The summed E-state index contributed by atoms with van der Waals surface area (Å²) in [6.45, 7) is 0. The summed E-state index contributed by atoms with van der Waals surface area (Å²) in [5.41, 5.74) is 8.23. The second kappa shape index (κ2) is 4.41. The topological polar surface area (TPSA) is 44.5 Å². The van der Waals surface area contributed by atoms with Crippen LogP contribution < -0.4 is 15.2 Å². The maximum absolute atomic E-state index is 6.39. The van der Waals surface area contributed by atoms with Gasteiger partial charge >= 0.3 is 0 Å². The van der Waals surface area contributed by atoms with Crippen LogP contribution in [0.5, 0.6) is 11.5 Å². The van der Waals surface area contributed by atoms with E-state index in [1.54, 1.807) is 14.2 Å². The highest BCUT2D eigenvalue weighted by molar-refractivity contribution is 5.46. The van der Waals surface area contributed by atoms with Crippen molar-refractivity contribution in [2.75, 3.05) is 14.2 Å². The van der Waals surface area contributed by atoms with Crippen molar-refractivity contribution in [2.24, 2.45) is 5.73 Å². The van der Waals surface area contributed by atoms with Crippen LogP contribution in [0.4, 0.5) is 0 Å². The van der Waals surface area contributed by atoms with Gasteiger partial charge in [0.1, 0.15) is 0 Å². The molecule has 19 heavy (non-hydrogen) atoms. The Kier molecular flexibility index (Phi) is 2.97. The summed E-state index contributed by atoms with van der Waals surface area (Å²) in [7, 11) is 3.38. The minimum atomic E-state index is 0.123. The maximum Gasteiger partial charge on any atom is 0.161 e. The van der Waals surface area contributed by atoms with Crippen LogP contribution >= 0.6 is 0 Å². The SMILES string of the molecule is COc1ccc(C23CCC(N)(CC2)CC3)cc1OC. The van der Waals surface area contributed by atoms with E-state index in [9.17, 15) is 0 Å². The Balaban J connectivity index is 1.94.